The maximum Gasteiger partial charge on any atom is 0.317 e. The Balaban J connectivity index is 1.57. The van der Waals surface area contributed by atoms with E-state index in [0.29, 0.717) is 44.6 Å². The Hall–Kier alpha value is -0.820. The predicted molar refractivity (Wildman–Crippen MR) is 98.8 cm³/mol. The van der Waals surface area contributed by atoms with E-state index in [2.05, 4.69) is 19.2 Å². The second kappa shape index (κ2) is 7.82. The van der Waals surface area contributed by atoms with Crippen molar-refractivity contribution in [1.29, 1.82) is 0 Å². The van der Waals surface area contributed by atoms with Crippen molar-refractivity contribution in [2.45, 2.75) is 70.1 Å². The number of amides is 2. The van der Waals surface area contributed by atoms with Gasteiger partial charge < -0.3 is 10.2 Å². The van der Waals surface area contributed by atoms with Crippen LogP contribution in [0.3, 0.4) is 0 Å². The van der Waals surface area contributed by atoms with Gasteiger partial charge in [-0.15, -0.1) is 0 Å². The van der Waals surface area contributed by atoms with Crippen LogP contribution in [0.15, 0.2) is 0 Å². The molecule has 0 aromatic heterocycles. The molecule has 6 nitrogen and oxygen atoms in total. The average Bonchev–Trinajstić information content (AvgIpc) is 3.05. The molecular weight excluding hydrogens is 338 g/mol. The summed E-state index contributed by atoms with van der Waals surface area (Å²) in [5.41, 5.74) is 0. The van der Waals surface area contributed by atoms with Crippen molar-refractivity contribution in [1.82, 2.24) is 14.5 Å². The molecule has 2 atom stereocenters. The van der Waals surface area contributed by atoms with E-state index in [-0.39, 0.29) is 17.2 Å². The van der Waals surface area contributed by atoms with Gasteiger partial charge in [0.2, 0.25) is 10.0 Å². The van der Waals surface area contributed by atoms with Crippen LogP contribution in [0.1, 0.15) is 58.8 Å². The van der Waals surface area contributed by atoms with Crippen LogP contribution in [-0.2, 0) is 10.0 Å². The first-order valence-corrected chi connectivity index (χ1v) is 11.4. The highest BCUT2D eigenvalue weighted by Crippen LogP contribution is 2.34. The number of nitrogens with one attached hydrogen (secondary N) is 1. The van der Waals surface area contributed by atoms with Gasteiger partial charge in [0.1, 0.15) is 0 Å². The third-order valence-electron chi connectivity index (χ3n) is 6.09. The highest BCUT2D eigenvalue weighted by molar-refractivity contribution is 7.90. The van der Waals surface area contributed by atoms with E-state index in [9.17, 15) is 13.2 Å². The molecule has 1 N–H and O–H groups in total. The number of nitrogens with zero attached hydrogens (tertiary/aromatic N) is 2. The summed E-state index contributed by atoms with van der Waals surface area (Å²) in [4.78, 5) is 14.3. The minimum atomic E-state index is -3.20. The predicted octanol–water partition coefficient (Wildman–Crippen LogP) is 2.41. The highest BCUT2D eigenvalue weighted by atomic mass is 32.2. The molecule has 3 fully saturated rings. The van der Waals surface area contributed by atoms with Gasteiger partial charge in [-0.1, -0.05) is 26.7 Å². The standard InChI is InChI=1S/C18H33N3O3S/c1-14(2)7-12-21-13-15-8-10-20(11-9-17(15)25(21,23)24)18(22)19-16-5-3-4-6-16/h14-17H,3-13H2,1-2H3,(H,19,22)/t15-,17-/m0/s1. The average molecular weight is 372 g/mol. The Morgan fingerprint density at radius 3 is 2.48 bits per heavy atom. The number of fused-ring (bicyclic) bond motifs is 1. The van der Waals surface area contributed by atoms with E-state index in [4.69, 9.17) is 0 Å². The van der Waals surface area contributed by atoms with E-state index >= 15 is 0 Å². The third-order valence-corrected chi connectivity index (χ3v) is 8.52. The molecule has 0 unspecified atom stereocenters. The first-order valence-electron chi connectivity index (χ1n) is 9.92. The fourth-order valence-electron chi connectivity index (χ4n) is 4.46. The van der Waals surface area contributed by atoms with E-state index < -0.39 is 10.0 Å². The van der Waals surface area contributed by atoms with Crippen LogP contribution in [0.25, 0.3) is 0 Å². The molecule has 0 spiro atoms. The molecule has 7 heteroatoms. The smallest absolute Gasteiger partial charge is 0.317 e. The maximum atomic E-state index is 12.9. The summed E-state index contributed by atoms with van der Waals surface area (Å²) in [6, 6.07) is 0.312. The lowest BCUT2D eigenvalue weighted by Gasteiger charge is -2.24. The van der Waals surface area contributed by atoms with Gasteiger partial charge in [0, 0.05) is 32.2 Å². The lowest BCUT2D eigenvalue weighted by molar-refractivity contribution is 0.194. The van der Waals surface area contributed by atoms with E-state index in [0.717, 1.165) is 25.7 Å². The number of likely N-dealkylation sites (tertiary alicyclic amines) is 1. The van der Waals surface area contributed by atoms with Crippen molar-refractivity contribution >= 4 is 16.1 Å². The van der Waals surface area contributed by atoms with Crippen LogP contribution < -0.4 is 5.32 Å². The Morgan fingerprint density at radius 1 is 1.12 bits per heavy atom. The summed E-state index contributed by atoms with van der Waals surface area (Å²) in [6.07, 6.45) is 6.81. The van der Waals surface area contributed by atoms with Gasteiger partial charge in [-0.05, 0) is 43.9 Å². The van der Waals surface area contributed by atoms with Gasteiger partial charge in [0.25, 0.3) is 0 Å². The summed E-state index contributed by atoms with van der Waals surface area (Å²) in [6.45, 7) is 6.75. The van der Waals surface area contributed by atoms with Crippen LogP contribution in [0.5, 0.6) is 0 Å². The largest absolute Gasteiger partial charge is 0.335 e. The van der Waals surface area contributed by atoms with Crippen molar-refractivity contribution in [2.24, 2.45) is 11.8 Å². The molecule has 3 aliphatic rings. The van der Waals surface area contributed by atoms with Gasteiger partial charge in [-0.3, -0.25) is 0 Å². The Bertz CT molecular complexity index is 572. The van der Waals surface area contributed by atoms with Crippen LogP contribution in [0, 0.1) is 11.8 Å². The Kier molecular flexibility index (Phi) is 5.93. The van der Waals surface area contributed by atoms with Crippen LogP contribution in [0.2, 0.25) is 0 Å². The molecule has 1 saturated carbocycles. The zero-order valence-corrected chi connectivity index (χ0v) is 16.4. The molecule has 144 valence electrons. The van der Waals surface area contributed by atoms with Crippen molar-refractivity contribution in [3.8, 4) is 0 Å². The zero-order valence-electron chi connectivity index (χ0n) is 15.6. The molecular formula is C18H33N3O3S. The van der Waals surface area contributed by atoms with Crippen molar-refractivity contribution in [3.05, 3.63) is 0 Å². The summed E-state index contributed by atoms with van der Waals surface area (Å²) in [5.74, 6) is 0.678. The van der Waals surface area contributed by atoms with Gasteiger partial charge >= 0.3 is 6.03 Å². The summed E-state index contributed by atoms with van der Waals surface area (Å²) in [5, 5.41) is 2.83. The van der Waals surface area contributed by atoms with Crippen LogP contribution >= 0.6 is 0 Å². The van der Waals surface area contributed by atoms with Crippen molar-refractivity contribution < 1.29 is 13.2 Å². The minimum absolute atomic E-state index is 0.000866. The number of hydrogen-bond acceptors (Lipinski definition) is 3. The molecule has 2 aliphatic heterocycles. The first-order chi connectivity index (χ1) is 11.9. The Labute approximate surface area is 152 Å². The number of hydrogen-bond donors (Lipinski definition) is 1. The lowest BCUT2D eigenvalue weighted by atomic mass is 10.0. The van der Waals surface area contributed by atoms with Gasteiger partial charge in [-0.25, -0.2) is 17.5 Å². The number of urea groups is 1. The van der Waals surface area contributed by atoms with Crippen molar-refractivity contribution in [2.75, 3.05) is 26.2 Å². The fraction of sp³-hybridized carbons (Fsp3) is 0.944. The molecule has 1 aliphatic carbocycles. The molecule has 0 bridgehead atoms. The molecule has 2 saturated heterocycles. The van der Waals surface area contributed by atoms with Gasteiger partial charge in [0.15, 0.2) is 0 Å². The summed E-state index contributed by atoms with van der Waals surface area (Å²) >= 11 is 0. The number of carbonyl (C=O) groups is 1. The van der Waals surface area contributed by atoms with Gasteiger partial charge in [0.05, 0.1) is 5.25 Å². The maximum absolute atomic E-state index is 12.9. The molecule has 2 amide bonds. The molecule has 3 rings (SSSR count). The second-order valence-corrected chi connectivity index (χ2v) is 10.5. The van der Waals surface area contributed by atoms with Crippen LogP contribution in [-0.4, -0.2) is 61.1 Å². The highest BCUT2D eigenvalue weighted by Gasteiger charge is 2.47. The summed E-state index contributed by atoms with van der Waals surface area (Å²) in [7, 11) is -3.20. The number of rotatable bonds is 4. The quantitative estimate of drug-likeness (QED) is 0.825. The van der Waals surface area contributed by atoms with E-state index in [1.54, 1.807) is 4.31 Å². The number of carbonyl (C=O) groups excluding carboxylic acids is 1. The van der Waals surface area contributed by atoms with Crippen molar-refractivity contribution in [3.63, 3.8) is 0 Å². The molecule has 25 heavy (non-hydrogen) atoms. The SMILES string of the molecule is CC(C)CCN1C[C@@H]2CCN(C(=O)NC3CCCC3)CC[C@@H]2S1(=O)=O. The van der Waals surface area contributed by atoms with E-state index in [1.165, 1.54) is 12.8 Å². The first kappa shape index (κ1) is 19.0. The van der Waals surface area contributed by atoms with E-state index in [1.807, 2.05) is 4.90 Å². The molecule has 2 heterocycles. The normalized spacial score (nSPS) is 30.4. The van der Waals surface area contributed by atoms with Crippen LogP contribution in [0.4, 0.5) is 4.79 Å². The zero-order chi connectivity index (χ0) is 18.0. The molecule has 0 aromatic carbocycles. The molecule has 0 aromatic rings. The fourth-order valence-corrected chi connectivity index (χ4v) is 6.71. The second-order valence-electron chi connectivity index (χ2n) is 8.38. The monoisotopic (exact) mass is 371 g/mol. The molecule has 0 radical (unpaired) electrons. The lowest BCUT2D eigenvalue weighted by Crippen LogP contribution is -2.44. The van der Waals surface area contributed by atoms with Gasteiger partial charge in [-0.2, -0.15) is 0 Å². The minimum Gasteiger partial charge on any atom is -0.335 e. The topological polar surface area (TPSA) is 69.7 Å². The summed E-state index contributed by atoms with van der Waals surface area (Å²) < 4.78 is 27.4. The number of sulfonamides is 1. The third kappa shape index (κ3) is 4.30. The Morgan fingerprint density at radius 2 is 1.80 bits per heavy atom.